The van der Waals surface area contributed by atoms with E-state index in [0.29, 0.717) is 0 Å². The van der Waals surface area contributed by atoms with Gasteiger partial charge in [0.1, 0.15) is 5.78 Å². The average Bonchev–Trinajstić information content (AvgIpc) is 2.30. The number of hydrogen-bond acceptors (Lipinski definition) is 3. The first-order chi connectivity index (χ1) is 8.36. The molecule has 0 heterocycles. The maximum Gasteiger partial charge on any atom is 0.146 e. The van der Waals surface area contributed by atoms with Gasteiger partial charge in [-0.25, -0.2) is 0 Å². The summed E-state index contributed by atoms with van der Waals surface area (Å²) in [7, 11) is 0. The molecule has 3 heteroatoms. The van der Waals surface area contributed by atoms with Gasteiger partial charge in [0.2, 0.25) is 0 Å². The molecule has 0 aliphatic carbocycles. The normalized spacial score (nSPS) is 13.9. The van der Waals surface area contributed by atoms with E-state index in [1.807, 2.05) is 6.92 Å². The lowest BCUT2D eigenvalue weighted by atomic mass is 10.1. The minimum atomic E-state index is -0.116. The highest BCUT2D eigenvalue weighted by molar-refractivity contribution is 5.81. The van der Waals surface area contributed by atoms with Crippen molar-refractivity contribution >= 4 is 5.78 Å². The van der Waals surface area contributed by atoms with Gasteiger partial charge in [0, 0.05) is 6.54 Å². The maximum atomic E-state index is 11.6. The lowest BCUT2D eigenvalue weighted by Gasteiger charge is -2.42. The zero-order chi connectivity index (χ0) is 14.2. The fourth-order valence-electron chi connectivity index (χ4n) is 2.29. The van der Waals surface area contributed by atoms with Crippen LogP contribution in [-0.2, 0) is 4.79 Å². The summed E-state index contributed by atoms with van der Waals surface area (Å²) in [6.45, 7) is 14.4. The Hall–Kier alpha value is -0.410. The number of nitrogens with zero attached hydrogens (tertiary/aromatic N) is 1. The molecule has 0 amide bonds. The molecule has 0 bridgehead atoms. The summed E-state index contributed by atoms with van der Waals surface area (Å²) in [6, 6.07) is -0.0152. The molecule has 1 atom stereocenters. The molecular weight excluding hydrogens is 224 g/mol. The van der Waals surface area contributed by atoms with Gasteiger partial charge < -0.3 is 0 Å². The fraction of sp³-hybridized carbons (Fsp3) is 0.933. The first kappa shape index (κ1) is 17.6. The number of carbonyl (C=O) groups is 1. The van der Waals surface area contributed by atoms with Crippen molar-refractivity contribution in [3.8, 4) is 0 Å². The van der Waals surface area contributed by atoms with Gasteiger partial charge in [-0.15, -0.1) is 0 Å². The Morgan fingerprint density at radius 2 is 1.83 bits per heavy atom. The summed E-state index contributed by atoms with van der Waals surface area (Å²) in [6.07, 6.45) is 4.77. The highest BCUT2D eigenvalue weighted by atomic mass is 16.1. The monoisotopic (exact) mass is 256 g/mol. The van der Waals surface area contributed by atoms with Gasteiger partial charge in [-0.3, -0.25) is 15.0 Å². The third-order valence-electron chi connectivity index (χ3n) is 3.58. The van der Waals surface area contributed by atoms with Crippen LogP contribution in [0.3, 0.4) is 0 Å². The van der Waals surface area contributed by atoms with Crippen LogP contribution in [0.2, 0.25) is 0 Å². The number of Topliss-reactive ketones (excluding diaryl/α,β-unsaturated/α-hetero) is 1. The summed E-state index contributed by atoms with van der Waals surface area (Å²) in [5.41, 5.74) is -0.116. The number of unbranched alkanes of at least 4 members (excludes halogenated alkanes) is 2. The molecule has 0 saturated carbocycles. The topological polar surface area (TPSA) is 32.3 Å². The molecule has 0 aromatic carbocycles. The summed E-state index contributed by atoms with van der Waals surface area (Å²) in [5.74, 6) is 0.242. The number of ketones is 1. The van der Waals surface area contributed by atoms with Gasteiger partial charge in [-0.05, 0) is 47.1 Å². The molecule has 0 aromatic rings. The summed E-state index contributed by atoms with van der Waals surface area (Å²) >= 11 is 0. The van der Waals surface area contributed by atoms with Crippen molar-refractivity contribution in [2.24, 2.45) is 0 Å². The first-order valence-electron chi connectivity index (χ1n) is 7.39. The Kier molecular flexibility index (Phi) is 8.45. The zero-order valence-electron chi connectivity index (χ0n) is 13.2. The summed E-state index contributed by atoms with van der Waals surface area (Å²) in [5, 5.41) is 3.59. The van der Waals surface area contributed by atoms with Gasteiger partial charge >= 0.3 is 0 Å². The first-order valence-corrected chi connectivity index (χ1v) is 7.39. The van der Waals surface area contributed by atoms with E-state index in [0.717, 1.165) is 19.5 Å². The van der Waals surface area contributed by atoms with E-state index >= 15 is 0 Å². The largest absolute Gasteiger partial charge is 0.300 e. The molecule has 0 aliphatic heterocycles. The second-order valence-corrected chi connectivity index (χ2v) is 5.67. The summed E-state index contributed by atoms with van der Waals surface area (Å²) < 4.78 is 0. The molecule has 3 nitrogen and oxygen atoms in total. The van der Waals surface area contributed by atoms with Crippen LogP contribution >= 0.6 is 0 Å². The number of rotatable bonds is 10. The van der Waals surface area contributed by atoms with Crippen molar-refractivity contribution in [3.05, 3.63) is 0 Å². The van der Waals surface area contributed by atoms with E-state index in [9.17, 15) is 4.79 Å². The van der Waals surface area contributed by atoms with Gasteiger partial charge in [0.15, 0.2) is 0 Å². The highest BCUT2D eigenvalue weighted by Crippen LogP contribution is 2.16. The van der Waals surface area contributed by atoms with E-state index < -0.39 is 0 Å². The van der Waals surface area contributed by atoms with Crippen LogP contribution in [0.4, 0.5) is 0 Å². The minimum Gasteiger partial charge on any atom is -0.300 e. The SMILES string of the molecule is CCCCCNC(C)(C)N(CCC)C(C)C(C)=O. The molecule has 1 unspecified atom stereocenters. The molecule has 0 fully saturated rings. The third-order valence-corrected chi connectivity index (χ3v) is 3.58. The molecule has 0 radical (unpaired) electrons. The molecule has 0 rings (SSSR count). The van der Waals surface area contributed by atoms with Gasteiger partial charge in [0.05, 0.1) is 11.7 Å². The van der Waals surface area contributed by atoms with Crippen LogP contribution in [-0.4, -0.2) is 35.5 Å². The summed E-state index contributed by atoms with van der Waals surface area (Å²) in [4.78, 5) is 13.9. The lowest BCUT2D eigenvalue weighted by Crippen LogP contribution is -2.59. The second kappa shape index (κ2) is 8.65. The quantitative estimate of drug-likeness (QED) is 0.481. The van der Waals surface area contributed by atoms with Crippen LogP contribution in [0.5, 0.6) is 0 Å². The predicted molar refractivity (Wildman–Crippen MR) is 78.7 cm³/mol. The van der Waals surface area contributed by atoms with Gasteiger partial charge in [0.25, 0.3) is 0 Å². The van der Waals surface area contributed by atoms with Crippen molar-refractivity contribution in [1.29, 1.82) is 0 Å². The highest BCUT2D eigenvalue weighted by Gasteiger charge is 2.31. The van der Waals surface area contributed by atoms with E-state index in [1.165, 1.54) is 19.3 Å². The van der Waals surface area contributed by atoms with Crippen LogP contribution in [0, 0.1) is 0 Å². The van der Waals surface area contributed by atoms with Crippen molar-refractivity contribution in [3.63, 3.8) is 0 Å². The van der Waals surface area contributed by atoms with Gasteiger partial charge in [-0.2, -0.15) is 0 Å². The van der Waals surface area contributed by atoms with Gasteiger partial charge in [-0.1, -0.05) is 26.7 Å². The smallest absolute Gasteiger partial charge is 0.146 e. The Morgan fingerprint density at radius 1 is 1.22 bits per heavy atom. The Morgan fingerprint density at radius 3 is 2.28 bits per heavy atom. The zero-order valence-corrected chi connectivity index (χ0v) is 13.2. The molecule has 1 N–H and O–H groups in total. The van der Waals surface area contributed by atoms with E-state index in [4.69, 9.17) is 0 Å². The molecule has 18 heavy (non-hydrogen) atoms. The molecule has 108 valence electrons. The van der Waals surface area contributed by atoms with Crippen molar-refractivity contribution in [1.82, 2.24) is 10.2 Å². The molecule has 0 aromatic heterocycles. The van der Waals surface area contributed by atoms with Crippen molar-refractivity contribution in [2.75, 3.05) is 13.1 Å². The van der Waals surface area contributed by atoms with Crippen LogP contribution in [0.25, 0.3) is 0 Å². The van der Waals surface area contributed by atoms with E-state index in [1.54, 1.807) is 6.92 Å². The van der Waals surface area contributed by atoms with Crippen molar-refractivity contribution in [2.45, 2.75) is 78.9 Å². The maximum absolute atomic E-state index is 11.6. The average molecular weight is 256 g/mol. The number of carbonyl (C=O) groups excluding carboxylic acids is 1. The van der Waals surface area contributed by atoms with Crippen LogP contribution in [0.1, 0.15) is 67.2 Å². The standard InChI is InChI=1S/C15H32N2O/c1-7-9-10-11-16-15(5,6)17(12-8-2)13(3)14(4)18/h13,16H,7-12H2,1-6H3. The van der Waals surface area contributed by atoms with Crippen LogP contribution < -0.4 is 5.32 Å². The van der Waals surface area contributed by atoms with E-state index in [2.05, 4.69) is 37.9 Å². The van der Waals surface area contributed by atoms with Crippen LogP contribution in [0.15, 0.2) is 0 Å². The third kappa shape index (κ3) is 5.96. The van der Waals surface area contributed by atoms with E-state index in [-0.39, 0.29) is 17.5 Å². The number of hydrogen-bond donors (Lipinski definition) is 1. The minimum absolute atomic E-state index is 0.0152. The molecule has 0 spiro atoms. The molecule has 0 saturated heterocycles. The molecular formula is C15H32N2O. The Balaban J connectivity index is 4.49. The van der Waals surface area contributed by atoms with Crippen molar-refractivity contribution < 1.29 is 4.79 Å². The number of nitrogens with one attached hydrogen (secondary N) is 1. The fourth-order valence-corrected chi connectivity index (χ4v) is 2.29. The predicted octanol–water partition coefficient (Wildman–Crippen LogP) is 3.19. The Bertz CT molecular complexity index is 239. The Labute approximate surface area is 113 Å². The second-order valence-electron chi connectivity index (χ2n) is 5.67. The lowest BCUT2D eigenvalue weighted by molar-refractivity contribution is -0.124. The molecule has 0 aliphatic rings.